The van der Waals surface area contributed by atoms with E-state index in [4.69, 9.17) is 9.68 Å². The molecular formula is C23H20N2O7. The highest BCUT2D eigenvalue weighted by molar-refractivity contribution is 6.23. The molecule has 2 aromatic rings. The first-order chi connectivity index (χ1) is 15.4. The summed E-state index contributed by atoms with van der Waals surface area (Å²) in [6.45, 7) is 4.11. The van der Waals surface area contributed by atoms with Crippen LogP contribution in [0.4, 0.5) is 0 Å². The lowest BCUT2D eigenvalue weighted by molar-refractivity contribution is -0.0912. The van der Waals surface area contributed by atoms with E-state index in [2.05, 4.69) is 0 Å². The van der Waals surface area contributed by atoms with Crippen LogP contribution in [0.15, 0.2) is 36.4 Å². The molecule has 0 unspecified atom stereocenters. The summed E-state index contributed by atoms with van der Waals surface area (Å²) in [6.07, 6.45) is 1.25. The summed E-state index contributed by atoms with van der Waals surface area (Å²) < 4.78 is 0. The molecule has 0 N–H and O–H groups in total. The van der Waals surface area contributed by atoms with Crippen molar-refractivity contribution >= 4 is 29.4 Å². The van der Waals surface area contributed by atoms with Gasteiger partial charge in [-0.3, -0.25) is 33.6 Å². The lowest BCUT2D eigenvalue weighted by Crippen LogP contribution is -2.30. The second-order valence-corrected chi connectivity index (χ2v) is 7.33. The number of carbonyl (C=O) groups excluding carboxylic acids is 5. The van der Waals surface area contributed by atoms with E-state index in [9.17, 15) is 24.0 Å². The molecule has 0 bridgehead atoms. The highest BCUT2D eigenvalue weighted by atomic mass is 16.7. The van der Waals surface area contributed by atoms with E-state index in [1.54, 1.807) is 0 Å². The number of benzene rings is 2. The van der Waals surface area contributed by atoms with Gasteiger partial charge >= 0.3 is 0 Å². The molecule has 0 spiro atoms. The van der Waals surface area contributed by atoms with Crippen molar-refractivity contribution in [3.8, 4) is 0 Å². The highest BCUT2D eigenvalue weighted by Crippen LogP contribution is 2.28. The van der Waals surface area contributed by atoms with E-state index in [0.717, 1.165) is 0 Å². The minimum absolute atomic E-state index is 0.0727. The van der Waals surface area contributed by atoms with Crippen LogP contribution >= 0.6 is 0 Å². The Hall–Kier alpha value is -3.69. The monoisotopic (exact) mass is 436 g/mol. The third-order valence-corrected chi connectivity index (χ3v) is 5.07. The average molecular weight is 436 g/mol. The first kappa shape index (κ1) is 21.5. The summed E-state index contributed by atoms with van der Waals surface area (Å²) in [6, 6.07) is 8.36. The molecule has 2 aromatic carbocycles. The van der Waals surface area contributed by atoms with Crippen LogP contribution < -0.4 is 0 Å². The van der Waals surface area contributed by atoms with Gasteiger partial charge in [-0.15, -0.1) is 10.1 Å². The number of hydroxylamine groups is 4. The zero-order valence-corrected chi connectivity index (χ0v) is 17.5. The second-order valence-electron chi connectivity index (χ2n) is 7.33. The Kier molecular flexibility index (Phi) is 5.68. The molecule has 2 aliphatic rings. The average Bonchev–Trinajstić information content (AvgIpc) is 3.19. The number of fused-ring (bicyclic) bond motifs is 2. The standard InChI is InChI=1S/C23H20N2O7/c1-3-9-31-24-20(27)15-7-5-13(11-17(15)22(24)29)19(26)14-6-8-16-18(12-14)23(30)25(21(16)28)32-10-4-2/h5-8,11-12H,3-4,9-10H2,1-2H3. The lowest BCUT2D eigenvalue weighted by Gasteiger charge is -2.11. The Morgan fingerprint density at radius 1 is 0.656 bits per heavy atom. The zero-order chi connectivity index (χ0) is 23.0. The van der Waals surface area contributed by atoms with Crippen LogP contribution in [0, 0.1) is 0 Å². The van der Waals surface area contributed by atoms with Crippen molar-refractivity contribution in [2.75, 3.05) is 13.2 Å². The van der Waals surface area contributed by atoms with Crippen LogP contribution in [0.25, 0.3) is 0 Å². The van der Waals surface area contributed by atoms with E-state index in [0.29, 0.717) is 23.0 Å². The highest BCUT2D eigenvalue weighted by Gasteiger charge is 2.39. The maximum absolute atomic E-state index is 13.0. The minimum atomic E-state index is -0.633. The molecule has 9 heteroatoms. The van der Waals surface area contributed by atoms with Crippen molar-refractivity contribution < 1.29 is 33.6 Å². The third-order valence-electron chi connectivity index (χ3n) is 5.07. The van der Waals surface area contributed by atoms with Crippen molar-refractivity contribution in [2.24, 2.45) is 0 Å². The van der Waals surface area contributed by atoms with Crippen molar-refractivity contribution in [1.29, 1.82) is 0 Å². The first-order valence-corrected chi connectivity index (χ1v) is 10.2. The number of ketones is 1. The van der Waals surface area contributed by atoms with Gasteiger partial charge in [0.05, 0.1) is 35.5 Å². The Labute approximate surface area is 183 Å². The van der Waals surface area contributed by atoms with E-state index in [-0.39, 0.29) is 46.6 Å². The number of hydrogen-bond acceptors (Lipinski definition) is 7. The number of carbonyl (C=O) groups is 5. The minimum Gasteiger partial charge on any atom is -0.289 e. The number of rotatable bonds is 8. The molecule has 4 amide bonds. The van der Waals surface area contributed by atoms with Crippen LogP contribution in [0.5, 0.6) is 0 Å². The number of imide groups is 2. The van der Waals surface area contributed by atoms with Gasteiger partial charge in [-0.25, -0.2) is 0 Å². The largest absolute Gasteiger partial charge is 0.289 e. The fourth-order valence-corrected chi connectivity index (χ4v) is 3.49. The summed E-state index contributed by atoms with van der Waals surface area (Å²) >= 11 is 0. The molecule has 0 radical (unpaired) electrons. The van der Waals surface area contributed by atoms with Gasteiger partial charge in [0.15, 0.2) is 5.78 Å². The summed E-state index contributed by atoms with van der Waals surface area (Å²) in [4.78, 5) is 73.3. The van der Waals surface area contributed by atoms with Crippen LogP contribution in [-0.4, -0.2) is 52.8 Å². The van der Waals surface area contributed by atoms with E-state index >= 15 is 0 Å². The predicted molar refractivity (Wildman–Crippen MR) is 110 cm³/mol. The van der Waals surface area contributed by atoms with Gasteiger partial charge in [-0.1, -0.05) is 26.0 Å². The van der Waals surface area contributed by atoms with E-state index < -0.39 is 29.4 Å². The molecule has 0 saturated carbocycles. The summed E-state index contributed by atoms with van der Waals surface area (Å²) in [5, 5.41) is 1.40. The molecule has 0 aliphatic carbocycles. The van der Waals surface area contributed by atoms with Gasteiger partial charge in [-0.05, 0) is 37.1 Å². The first-order valence-electron chi connectivity index (χ1n) is 10.2. The summed E-state index contributed by atoms with van der Waals surface area (Å²) in [7, 11) is 0. The van der Waals surface area contributed by atoms with Crippen LogP contribution in [0.3, 0.4) is 0 Å². The van der Waals surface area contributed by atoms with E-state index in [1.165, 1.54) is 36.4 Å². The van der Waals surface area contributed by atoms with Gasteiger partial charge in [0, 0.05) is 11.1 Å². The van der Waals surface area contributed by atoms with E-state index in [1.807, 2.05) is 13.8 Å². The number of hydrogen-bond donors (Lipinski definition) is 0. The Morgan fingerprint density at radius 3 is 1.41 bits per heavy atom. The third kappa shape index (κ3) is 3.41. The molecule has 32 heavy (non-hydrogen) atoms. The molecule has 4 rings (SSSR count). The van der Waals surface area contributed by atoms with Crippen LogP contribution in [-0.2, 0) is 9.68 Å². The molecule has 0 fully saturated rings. The normalized spacial score (nSPS) is 14.9. The maximum Gasteiger partial charge on any atom is 0.285 e. The molecule has 2 aliphatic heterocycles. The van der Waals surface area contributed by atoms with Gasteiger partial charge in [0.2, 0.25) is 0 Å². The number of nitrogens with zero attached hydrogens (tertiary/aromatic N) is 2. The van der Waals surface area contributed by atoms with Crippen molar-refractivity contribution in [2.45, 2.75) is 26.7 Å². The quantitative estimate of drug-likeness (QED) is 0.462. The second kappa shape index (κ2) is 8.45. The Balaban J connectivity index is 1.62. The Morgan fingerprint density at radius 2 is 1.03 bits per heavy atom. The van der Waals surface area contributed by atoms with Crippen molar-refractivity contribution in [3.05, 3.63) is 69.8 Å². The van der Waals surface area contributed by atoms with Crippen molar-refractivity contribution in [3.63, 3.8) is 0 Å². The molecular weight excluding hydrogens is 416 g/mol. The lowest BCUT2D eigenvalue weighted by atomic mass is 9.96. The molecule has 9 nitrogen and oxygen atoms in total. The SMILES string of the molecule is CCCON1C(=O)c2ccc(C(=O)c3ccc4c(c3)C(=O)N(OCCC)C4=O)cc2C1=O. The van der Waals surface area contributed by atoms with Gasteiger partial charge < -0.3 is 0 Å². The fraction of sp³-hybridized carbons (Fsp3) is 0.261. The Bertz CT molecular complexity index is 1080. The fourth-order valence-electron chi connectivity index (χ4n) is 3.49. The molecule has 0 atom stereocenters. The summed E-state index contributed by atoms with van der Waals surface area (Å²) in [5.41, 5.74) is 0.783. The topological polar surface area (TPSA) is 110 Å². The summed E-state index contributed by atoms with van der Waals surface area (Å²) in [5.74, 6) is -2.88. The van der Waals surface area contributed by atoms with Gasteiger partial charge in [0.1, 0.15) is 0 Å². The molecule has 0 saturated heterocycles. The molecule has 0 aromatic heterocycles. The maximum atomic E-state index is 13.0. The smallest absolute Gasteiger partial charge is 0.285 e. The molecule has 164 valence electrons. The van der Waals surface area contributed by atoms with Crippen LogP contribution in [0.2, 0.25) is 0 Å². The predicted octanol–water partition coefficient (Wildman–Crippen LogP) is 2.79. The zero-order valence-electron chi connectivity index (χ0n) is 17.5. The number of amides is 4. The van der Waals surface area contributed by atoms with Crippen LogP contribution in [0.1, 0.15) is 84.0 Å². The van der Waals surface area contributed by atoms with Gasteiger partial charge in [-0.2, -0.15) is 0 Å². The molecule has 2 heterocycles. The van der Waals surface area contributed by atoms with Gasteiger partial charge in [0.25, 0.3) is 23.6 Å². The van der Waals surface area contributed by atoms with Crippen molar-refractivity contribution in [1.82, 2.24) is 10.1 Å².